The number of aliphatic hydroxyl groups is 1. The van der Waals surface area contributed by atoms with Crippen LogP contribution in [0.3, 0.4) is 0 Å². The molecule has 1 aliphatic heterocycles. The van der Waals surface area contributed by atoms with Gasteiger partial charge < -0.3 is 19.1 Å². The number of benzene rings is 2. The molecule has 6 atom stereocenters. The predicted octanol–water partition coefficient (Wildman–Crippen LogP) is 3.88. The zero-order valence-electron chi connectivity index (χ0n) is 23.4. The summed E-state index contributed by atoms with van der Waals surface area (Å²) >= 11 is 6.10. The van der Waals surface area contributed by atoms with Crippen molar-refractivity contribution in [3.05, 3.63) is 86.7 Å². The summed E-state index contributed by atoms with van der Waals surface area (Å²) in [5, 5.41) is 14.0. The first-order valence-electron chi connectivity index (χ1n) is 13.3. The highest BCUT2D eigenvalue weighted by atomic mass is 35.5. The average Bonchev–Trinajstić information content (AvgIpc) is 3.20. The summed E-state index contributed by atoms with van der Waals surface area (Å²) in [6.07, 6.45) is -2.21. The Kier molecular flexibility index (Phi) is 10.1. The highest BCUT2D eigenvalue weighted by Crippen LogP contribution is 2.46. The number of carbonyl (C=O) groups excluding carboxylic acids is 1. The van der Waals surface area contributed by atoms with Crippen LogP contribution in [-0.2, 0) is 23.4 Å². The van der Waals surface area contributed by atoms with Gasteiger partial charge in [0.2, 0.25) is 0 Å². The molecule has 42 heavy (non-hydrogen) atoms. The van der Waals surface area contributed by atoms with E-state index in [0.29, 0.717) is 5.02 Å². The van der Waals surface area contributed by atoms with Gasteiger partial charge in [-0.25, -0.2) is 9.36 Å². The highest BCUT2D eigenvalue weighted by Gasteiger charge is 2.44. The number of aromatic amines is 1. The maximum Gasteiger partial charge on any atom is 0.459 e. The third-order valence-corrected chi connectivity index (χ3v) is 8.39. The summed E-state index contributed by atoms with van der Waals surface area (Å²) in [4.78, 5) is 38.4. The molecule has 3 aromatic rings. The van der Waals surface area contributed by atoms with Crippen molar-refractivity contribution in [1.29, 1.82) is 0 Å². The molecule has 12 nitrogen and oxygen atoms in total. The van der Waals surface area contributed by atoms with Crippen LogP contribution in [0.15, 0.2) is 70.4 Å². The Bertz CT molecular complexity index is 1560. The van der Waals surface area contributed by atoms with Crippen molar-refractivity contribution in [3.8, 4) is 16.9 Å². The van der Waals surface area contributed by atoms with Crippen LogP contribution in [0.5, 0.6) is 5.75 Å². The topological polar surface area (TPSA) is 158 Å². The number of hydrogen-bond acceptors (Lipinski definition) is 9. The normalized spacial score (nSPS) is 22.5. The van der Waals surface area contributed by atoms with Gasteiger partial charge in [0.05, 0.1) is 18.8 Å². The molecule has 226 valence electrons. The smallest absolute Gasteiger partial charge is 0.459 e. The second kappa shape index (κ2) is 13.4. The Balaban J connectivity index is 1.52. The molecular formula is C28H33ClN3O9P. The van der Waals surface area contributed by atoms with E-state index in [-0.39, 0.29) is 5.75 Å². The van der Waals surface area contributed by atoms with Crippen molar-refractivity contribution in [3.63, 3.8) is 0 Å². The lowest BCUT2D eigenvalue weighted by molar-refractivity contribution is -0.149. The molecule has 4 rings (SSSR count). The van der Waals surface area contributed by atoms with Crippen molar-refractivity contribution < 1.29 is 33.0 Å². The van der Waals surface area contributed by atoms with E-state index in [9.17, 15) is 24.1 Å². The molecule has 14 heteroatoms. The van der Waals surface area contributed by atoms with Crippen LogP contribution in [-0.4, -0.2) is 51.6 Å². The van der Waals surface area contributed by atoms with Crippen molar-refractivity contribution in [1.82, 2.24) is 14.6 Å². The average molecular weight is 622 g/mol. The molecule has 0 aliphatic carbocycles. The van der Waals surface area contributed by atoms with E-state index in [1.807, 2.05) is 12.1 Å². The zero-order chi connectivity index (χ0) is 30.6. The number of esters is 1. The van der Waals surface area contributed by atoms with Crippen LogP contribution < -0.4 is 20.9 Å². The number of aliphatic hydroxyl groups excluding tert-OH is 1. The molecule has 0 spiro atoms. The van der Waals surface area contributed by atoms with Gasteiger partial charge >= 0.3 is 19.4 Å². The van der Waals surface area contributed by atoms with Crippen molar-refractivity contribution >= 4 is 25.3 Å². The predicted molar refractivity (Wildman–Crippen MR) is 155 cm³/mol. The van der Waals surface area contributed by atoms with E-state index >= 15 is 0 Å². The van der Waals surface area contributed by atoms with Gasteiger partial charge in [-0.3, -0.25) is 23.7 Å². The summed E-state index contributed by atoms with van der Waals surface area (Å²) < 4.78 is 37.6. The largest absolute Gasteiger partial charge is 0.462 e. The first-order chi connectivity index (χ1) is 19.8. The number of halogens is 1. The first-order valence-corrected chi connectivity index (χ1v) is 15.2. The van der Waals surface area contributed by atoms with Crippen LogP contribution in [0, 0.1) is 5.92 Å². The number of carbonyl (C=O) groups is 1. The number of rotatable bonds is 11. The third-order valence-electron chi connectivity index (χ3n) is 6.51. The molecule has 0 amide bonds. The second-order valence-electron chi connectivity index (χ2n) is 10.2. The Labute approximate surface area is 247 Å². The van der Waals surface area contributed by atoms with Crippen molar-refractivity contribution in [2.75, 3.05) is 6.61 Å². The molecule has 1 aromatic heterocycles. The Hall–Kier alpha value is -3.25. The van der Waals surface area contributed by atoms with E-state index in [0.717, 1.165) is 21.8 Å². The number of nitrogens with zero attached hydrogens (tertiary/aromatic N) is 1. The summed E-state index contributed by atoms with van der Waals surface area (Å²) in [5.74, 6) is -1.08. The number of nitrogens with one attached hydrogen (secondary N) is 2. The van der Waals surface area contributed by atoms with Gasteiger partial charge in [-0.2, -0.15) is 5.09 Å². The fourth-order valence-corrected chi connectivity index (χ4v) is 6.07. The summed E-state index contributed by atoms with van der Waals surface area (Å²) in [5.41, 5.74) is 0.427. The molecule has 1 saturated heterocycles. The molecule has 0 bridgehead atoms. The molecule has 1 unspecified atom stereocenters. The minimum absolute atomic E-state index is 0.181. The molecule has 0 saturated carbocycles. The van der Waals surface area contributed by atoms with E-state index in [2.05, 4.69) is 10.1 Å². The molecular weight excluding hydrogens is 589 g/mol. The molecule has 1 fully saturated rings. The number of H-pyrrole nitrogens is 1. The van der Waals surface area contributed by atoms with E-state index < -0.39 is 68.1 Å². The molecule has 2 aromatic carbocycles. The fourth-order valence-electron chi connectivity index (χ4n) is 4.38. The molecule has 0 radical (unpaired) electrons. The maximum atomic E-state index is 14.0. The minimum Gasteiger partial charge on any atom is -0.462 e. The van der Waals surface area contributed by atoms with Crippen molar-refractivity contribution in [2.24, 2.45) is 5.92 Å². The molecule has 2 heterocycles. The Morgan fingerprint density at radius 1 is 1.14 bits per heavy atom. The van der Waals surface area contributed by atoms with Crippen LogP contribution in [0.1, 0.15) is 33.9 Å². The van der Waals surface area contributed by atoms with Gasteiger partial charge in [0.15, 0.2) is 0 Å². The minimum atomic E-state index is -4.28. The Morgan fingerprint density at radius 2 is 1.86 bits per heavy atom. The standard InChI is InChI=1S/C28H33ClN3O9P/c1-16(2)39-27(35)18(4)31-42(37,41-22-10-8-19(9-11-22)20-6-5-7-21(29)14-20)38-15-23-25(34)17(3)26(40-23)32-13-12-24(33)30-28(32)36/h5-14,16-18,23,25-26,34H,15H2,1-4H3,(H,31,37)(H,30,33,36)/t17-,18-,23+,25-,26+,42?/m0/s1. The fraction of sp³-hybridized carbons (Fsp3) is 0.393. The van der Waals surface area contributed by atoms with Crippen LogP contribution in [0.25, 0.3) is 11.1 Å². The number of hydrogen-bond donors (Lipinski definition) is 3. The quantitative estimate of drug-likeness (QED) is 0.212. The van der Waals surface area contributed by atoms with Gasteiger partial charge in [0.1, 0.15) is 24.1 Å². The maximum absolute atomic E-state index is 14.0. The first kappa shape index (κ1) is 31.7. The van der Waals surface area contributed by atoms with Crippen LogP contribution in [0.4, 0.5) is 0 Å². The van der Waals surface area contributed by atoms with Crippen molar-refractivity contribution in [2.45, 2.75) is 58.3 Å². The number of ether oxygens (including phenoxy) is 2. The monoisotopic (exact) mass is 621 g/mol. The highest BCUT2D eigenvalue weighted by molar-refractivity contribution is 7.52. The van der Waals surface area contributed by atoms with Crippen LogP contribution >= 0.6 is 19.3 Å². The van der Waals surface area contributed by atoms with Gasteiger partial charge in [0.25, 0.3) is 5.56 Å². The van der Waals surface area contributed by atoms with Gasteiger partial charge in [-0.05, 0) is 56.2 Å². The summed E-state index contributed by atoms with van der Waals surface area (Å²) in [7, 11) is -4.28. The van der Waals surface area contributed by atoms with E-state index in [1.54, 1.807) is 57.2 Å². The van der Waals surface area contributed by atoms with Gasteiger partial charge in [-0.1, -0.05) is 42.8 Å². The lowest BCUT2D eigenvalue weighted by atomic mass is 10.0. The van der Waals surface area contributed by atoms with Gasteiger partial charge in [0, 0.05) is 23.2 Å². The summed E-state index contributed by atoms with van der Waals surface area (Å²) in [6, 6.07) is 14.0. The van der Waals surface area contributed by atoms with Gasteiger partial charge in [-0.15, -0.1) is 0 Å². The second-order valence-corrected chi connectivity index (χ2v) is 12.3. The zero-order valence-corrected chi connectivity index (χ0v) is 25.1. The Morgan fingerprint density at radius 3 is 2.50 bits per heavy atom. The lowest BCUT2D eigenvalue weighted by Crippen LogP contribution is -2.37. The lowest BCUT2D eigenvalue weighted by Gasteiger charge is -2.25. The van der Waals surface area contributed by atoms with E-state index in [4.69, 9.17) is 30.1 Å². The summed E-state index contributed by atoms with van der Waals surface area (Å²) in [6.45, 7) is 6.06. The molecule has 3 N–H and O–H groups in total. The SMILES string of the molecule is CC(C)OC(=O)[C@H](C)NP(=O)(OC[C@H]1O[C@@H](n2ccc(=O)[nH]c2=O)[C@@H](C)[C@@H]1O)Oc1ccc(-c2cccc(Cl)c2)cc1. The number of aromatic nitrogens is 2. The molecule has 1 aliphatic rings. The van der Waals surface area contributed by atoms with E-state index in [1.165, 1.54) is 13.1 Å². The van der Waals surface area contributed by atoms with Crippen LogP contribution in [0.2, 0.25) is 5.02 Å². The third kappa shape index (κ3) is 7.77.